The maximum Gasteiger partial charge on any atom is 0.180 e. The van der Waals surface area contributed by atoms with Crippen molar-refractivity contribution < 1.29 is 4.74 Å². The predicted octanol–water partition coefficient (Wildman–Crippen LogP) is 2.82. The molecular formula is C15H20N4O. The second-order valence-electron chi connectivity index (χ2n) is 4.59. The lowest BCUT2D eigenvalue weighted by Crippen LogP contribution is -2.06. The third kappa shape index (κ3) is 3.74. The molecule has 0 aliphatic carbocycles. The van der Waals surface area contributed by atoms with Gasteiger partial charge in [-0.15, -0.1) is 0 Å². The Morgan fingerprint density at radius 3 is 2.75 bits per heavy atom. The molecule has 2 rings (SSSR count). The summed E-state index contributed by atoms with van der Waals surface area (Å²) in [6.07, 6.45) is 1.04. The van der Waals surface area contributed by atoms with Crippen molar-refractivity contribution in [2.75, 3.05) is 19.0 Å². The predicted molar refractivity (Wildman–Crippen MR) is 79.5 cm³/mol. The molecule has 0 spiro atoms. The first-order valence-corrected chi connectivity index (χ1v) is 6.77. The smallest absolute Gasteiger partial charge is 0.180 e. The third-order valence-corrected chi connectivity index (χ3v) is 2.74. The Balaban J connectivity index is 2.37. The first-order valence-electron chi connectivity index (χ1n) is 6.77. The van der Waals surface area contributed by atoms with Crippen LogP contribution in [0, 0.1) is 6.92 Å². The second-order valence-corrected chi connectivity index (χ2v) is 4.59. The third-order valence-electron chi connectivity index (χ3n) is 2.74. The van der Waals surface area contributed by atoms with Gasteiger partial charge in [0.2, 0.25) is 0 Å². The number of nitrogens with one attached hydrogen (secondary N) is 1. The van der Waals surface area contributed by atoms with Crippen LogP contribution in [0.1, 0.15) is 24.7 Å². The van der Waals surface area contributed by atoms with Crippen LogP contribution in [0.4, 0.5) is 5.82 Å². The molecule has 0 radical (unpaired) electrons. The number of nitrogens with zero attached hydrogens (tertiary/aromatic N) is 3. The number of hydrogen-bond acceptors (Lipinski definition) is 5. The summed E-state index contributed by atoms with van der Waals surface area (Å²) in [6, 6.07) is 7.75. The fourth-order valence-electron chi connectivity index (χ4n) is 1.85. The van der Waals surface area contributed by atoms with Gasteiger partial charge in [0.1, 0.15) is 11.5 Å². The Morgan fingerprint density at radius 2 is 2.05 bits per heavy atom. The summed E-state index contributed by atoms with van der Waals surface area (Å²) in [5.41, 5.74) is 2.58. The summed E-state index contributed by atoms with van der Waals surface area (Å²) < 4.78 is 5.16. The van der Waals surface area contributed by atoms with Gasteiger partial charge in [0.15, 0.2) is 5.82 Å². The van der Waals surface area contributed by atoms with Gasteiger partial charge < -0.3 is 10.1 Å². The molecule has 0 aliphatic heterocycles. The number of hydrogen-bond donors (Lipinski definition) is 1. The van der Waals surface area contributed by atoms with E-state index in [9.17, 15) is 0 Å². The molecule has 0 aromatic carbocycles. The highest BCUT2D eigenvalue weighted by atomic mass is 16.5. The van der Waals surface area contributed by atoms with Gasteiger partial charge >= 0.3 is 0 Å². The average Bonchev–Trinajstić information content (AvgIpc) is 2.45. The summed E-state index contributed by atoms with van der Waals surface area (Å²) in [4.78, 5) is 13.5. The topological polar surface area (TPSA) is 59.9 Å². The van der Waals surface area contributed by atoms with E-state index in [1.54, 1.807) is 7.11 Å². The van der Waals surface area contributed by atoms with E-state index in [4.69, 9.17) is 4.74 Å². The Hall–Kier alpha value is -2.01. The van der Waals surface area contributed by atoms with E-state index in [0.717, 1.165) is 35.9 Å². The minimum atomic E-state index is 0.460. The van der Waals surface area contributed by atoms with Gasteiger partial charge in [0.25, 0.3) is 0 Å². The van der Waals surface area contributed by atoms with Gasteiger partial charge in [-0.3, -0.25) is 0 Å². The Bertz CT molecular complexity index is 572. The van der Waals surface area contributed by atoms with Crippen LogP contribution in [0.25, 0.3) is 11.5 Å². The molecule has 1 N–H and O–H groups in total. The highest BCUT2D eigenvalue weighted by molar-refractivity contribution is 5.53. The van der Waals surface area contributed by atoms with Gasteiger partial charge in [-0.05, 0) is 25.5 Å². The molecule has 0 atom stereocenters. The van der Waals surface area contributed by atoms with Gasteiger partial charge in [-0.2, -0.15) is 0 Å². The summed E-state index contributed by atoms with van der Waals surface area (Å²) in [5, 5.41) is 3.28. The van der Waals surface area contributed by atoms with Crippen LogP contribution >= 0.6 is 0 Å². The number of rotatable bonds is 6. The van der Waals surface area contributed by atoms with E-state index >= 15 is 0 Å². The summed E-state index contributed by atoms with van der Waals surface area (Å²) in [7, 11) is 1.66. The van der Waals surface area contributed by atoms with E-state index in [2.05, 4.69) is 27.2 Å². The van der Waals surface area contributed by atoms with Crippen molar-refractivity contribution in [3.8, 4) is 11.5 Å². The van der Waals surface area contributed by atoms with E-state index in [0.29, 0.717) is 12.4 Å². The average molecular weight is 272 g/mol. The van der Waals surface area contributed by atoms with Crippen molar-refractivity contribution in [3.05, 3.63) is 35.7 Å². The molecule has 5 nitrogen and oxygen atoms in total. The van der Waals surface area contributed by atoms with Crippen LogP contribution in [0.15, 0.2) is 24.3 Å². The van der Waals surface area contributed by atoms with Crippen LogP contribution in [-0.2, 0) is 11.3 Å². The lowest BCUT2D eigenvalue weighted by molar-refractivity contribution is 0.181. The zero-order valence-electron chi connectivity index (χ0n) is 12.2. The van der Waals surface area contributed by atoms with E-state index < -0.39 is 0 Å². The molecule has 5 heteroatoms. The van der Waals surface area contributed by atoms with Crippen molar-refractivity contribution in [2.24, 2.45) is 0 Å². The van der Waals surface area contributed by atoms with Gasteiger partial charge in [0, 0.05) is 25.4 Å². The Labute approximate surface area is 119 Å². The SMILES string of the molecule is CCCNc1cc(COC)nc(-c2cccc(C)n2)n1. The van der Waals surface area contributed by atoms with Crippen molar-refractivity contribution in [1.82, 2.24) is 15.0 Å². The van der Waals surface area contributed by atoms with Crippen LogP contribution < -0.4 is 5.32 Å². The largest absolute Gasteiger partial charge is 0.378 e. The number of aromatic nitrogens is 3. The molecule has 0 amide bonds. The van der Waals surface area contributed by atoms with Gasteiger partial charge in [-0.1, -0.05) is 13.0 Å². The molecule has 2 aromatic rings. The fraction of sp³-hybridized carbons (Fsp3) is 0.400. The van der Waals surface area contributed by atoms with Crippen LogP contribution in [-0.4, -0.2) is 28.6 Å². The molecule has 0 bridgehead atoms. The molecule has 0 unspecified atom stereocenters. The molecule has 0 saturated heterocycles. The lowest BCUT2D eigenvalue weighted by Gasteiger charge is -2.09. The van der Waals surface area contributed by atoms with Gasteiger partial charge in [0.05, 0.1) is 12.3 Å². The first kappa shape index (κ1) is 14.4. The summed E-state index contributed by atoms with van der Waals surface area (Å²) >= 11 is 0. The lowest BCUT2D eigenvalue weighted by atomic mass is 10.3. The van der Waals surface area contributed by atoms with Gasteiger partial charge in [-0.25, -0.2) is 15.0 Å². The molecule has 2 heterocycles. The van der Waals surface area contributed by atoms with Crippen molar-refractivity contribution in [3.63, 3.8) is 0 Å². The monoisotopic (exact) mass is 272 g/mol. The number of methoxy groups -OCH3 is 1. The highest BCUT2D eigenvalue weighted by Crippen LogP contribution is 2.17. The number of pyridine rings is 1. The molecule has 106 valence electrons. The molecule has 0 saturated carbocycles. The molecule has 0 aliphatic rings. The standard InChI is InChI=1S/C15H20N4O/c1-4-8-16-14-9-12(10-20-3)18-15(19-14)13-7-5-6-11(2)17-13/h5-7,9H,4,8,10H2,1-3H3,(H,16,18,19). The fourth-order valence-corrected chi connectivity index (χ4v) is 1.85. The molecule has 20 heavy (non-hydrogen) atoms. The second kappa shape index (κ2) is 6.96. The van der Waals surface area contributed by atoms with Crippen LogP contribution in [0.5, 0.6) is 0 Å². The van der Waals surface area contributed by atoms with Crippen molar-refractivity contribution >= 4 is 5.82 Å². The number of anilines is 1. The summed E-state index contributed by atoms with van der Waals surface area (Å²) in [6.45, 7) is 5.41. The van der Waals surface area contributed by atoms with E-state index in [1.807, 2.05) is 31.2 Å². The Morgan fingerprint density at radius 1 is 1.20 bits per heavy atom. The maximum atomic E-state index is 5.16. The molecular weight excluding hydrogens is 252 g/mol. The maximum absolute atomic E-state index is 5.16. The summed E-state index contributed by atoms with van der Waals surface area (Å²) in [5.74, 6) is 1.44. The van der Waals surface area contributed by atoms with Crippen molar-refractivity contribution in [1.29, 1.82) is 0 Å². The van der Waals surface area contributed by atoms with E-state index in [1.165, 1.54) is 0 Å². The van der Waals surface area contributed by atoms with E-state index in [-0.39, 0.29) is 0 Å². The molecule has 0 fully saturated rings. The quantitative estimate of drug-likeness (QED) is 0.876. The highest BCUT2D eigenvalue weighted by Gasteiger charge is 2.08. The number of aryl methyl sites for hydroxylation is 1. The zero-order chi connectivity index (χ0) is 14.4. The normalized spacial score (nSPS) is 10.6. The minimum absolute atomic E-state index is 0.460. The zero-order valence-corrected chi connectivity index (χ0v) is 12.2. The van der Waals surface area contributed by atoms with Crippen molar-refractivity contribution in [2.45, 2.75) is 26.9 Å². The Kier molecular flexibility index (Phi) is 5.01. The van der Waals surface area contributed by atoms with Crippen LogP contribution in [0.2, 0.25) is 0 Å². The molecule has 2 aromatic heterocycles. The minimum Gasteiger partial charge on any atom is -0.378 e. The van der Waals surface area contributed by atoms with Crippen LogP contribution in [0.3, 0.4) is 0 Å². The first-order chi connectivity index (χ1) is 9.72. The number of ether oxygens (including phenoxy) is 1.